The van der Waals surface area contributed by atoms with E-state index in [2.05, 4.69) is 5.32 Å². The van der Waals surface area contributed by atoms with Crippen molar-refractivity contribution in [1.82, 2.24) is 5.32 Å². The van der Waals surface area contributed by atoms with Crippen LogP contribution in [0.5, 0.6) is 0 Å². The maximum atomic E-state index is 13.4. The highest BCUT2D eigenvalue weighted by atomic mass is 35.5. The lowest BCUT2D eigenvalue weighted by atomic mass is 10.2. The second kappa shape index (κ2) is 9.15. The summed E-state index contributed by atoms with van der Waals surface area (Å²) in [6.07, 6.45) is 1.85. The molecule has 2 aromatic rings. The van der Waals surface area contributed by atoms with E-state index >= 15 is 0 Å². The summed E-state index contributed by atoms with van der Waals surface area (Å²) in [7, 11) is -3.94. The first-order chi connectivity index (χ1) is 13.8. The van der Waals surface area contributed by atoms with Crippen molar-refractivity contribution >= 4 is 33.2 Å². The van der Waals surface area contributed by atoms with Gasteiger partial charge in [-0.3, -0.25) is 9.10 Å². The van der Waals surface area contributed by atoms with Crippen LogP contribution >= 0.6 is 11.6 Å². The number of anilines is 1. The van der Waals surface area contributed by atoms with E-state index < -0.39 is 10.0 Å². The molecule has 1 aliphatic rings. The zero-order valence-electron chi connectivity index (χ0n) is 16.5. The molecular weight excluding hydrogens is 412 g/mol. The van der Waals surface area contributed by atoms with Crippen molar-refractivity contribution in [1.29, 1.82) is 0 Å². The summed E-state index contributed by atoms with van der Waals surface area (Å²) >= 11 is 6.04. The molecule has 156 valence electrons. The number of halogens is 1. The van der Waals surface area contributed by atoms with Crippen LogP contribution in [-0.4, -0.2) is 40.1 Å². The van der Waals surface area contributed by atoms with Gasteiger partial charge in [-0.1, -0.05) is 29.3 Å². The molecule has 1 saturated heterocycles. The van der Waals surface area contributed by atoms with Gasteiger partial charge in [-0.15, -0.1) is 0 Å². The zero-order chi connectivity index (χ0) is 21.0. The average molecular weight is 437 g/mol. The highest BCUT2D eigenvalue weighted by molar-refractivity contribution is 7.92. The van der Waals surface area contributed by atoms with Gasteiger partial charge in [-0.25, -0.2) is 8.42 Å². The minimum absolute atomic E-state index is 0.0154. The maximum absolute atomic E-state index is 13.4. The van der Waals surface area contributed by atoms with Crippen molar-refractivity contribution in [3.8, 4) is 0 Å². The smallest absolute Gasteiger partial charge is 0.264 e. The lowest BCUT2D eigenvalue weighted by Crippen LogP contribution is -2.43. The molecule has 6 nitrogen and oxygen atoms in total. The molecule has 1 heterocycles. The van der Waals surface area contributed by atoms with Gasteiger partial charge in [-0.2, -0.15) is 0 Å². The van der Waals surface area contributed by atoms with Gasteiger partial charge in [0, 0.05) is 18.2 Å². The van der Waals surface area contributed by atoms with Crippen LogP contribution in [0, 0.1) is 13.8 Å². The molecule has 0 saturated carbocycles. The minimum atomic E-state index is -3.94. The van der Waals surface area contributed by atoms with Gasteiger partial charge in [0.15, 0.2) is 0 Å². The van der Waals surface area contributed by atoms with Crippen molar-refractivity contribution in [2.45, 2.75) is 37.7 Å². The number of ether oxygens (including phenoxy) is 1. The third kappa shape index (κ3) is 5.29. The molecule has 0 unspecified atom stereocenters. The monoisotopic (exact) mass is 436 g/mol. The predicted molar refractivity (Wildman–Crippen MR) is 114 cm³/mol. The molecule has 0 aliphatic carbocycles. The Kier molecular flexibility index (Phi) is 6.82. The Morgan fingerprint density at radius 3 is 2.55 bits per heavy atom. The topological polar surface area (TPSA) is 75.7 Å². The predicted octanol–water partition coefficient (Wildman–Crippen LogP) is 3.45. The number of hydrogen-bond donors (Lipinski definition) is 1. The van der Waals surface area contributed by atoms with Crippen LogP contribution in [0.2, 0.25) is 5.02 Å². The van der Waals surface area contributed by atoms with Crippen molar-refractivity contribution in [2.24, 2.45) is 0 Å². The molecule has 0 bridgehead atoms. The zero-order valence-corrected chi connectivity index (χ0v) is 18.1. The summed E-state index contributed by atoms with van der Waals surface area (Å²) in [6, 6.07) is 11.5. The number of carbonyl (C=O) groups is 1. The molecule has 8 heteroatoms. The van der Waals surface area contributed by atoms with E-state index in [9.17, 15) is 13.2 Å². The highest BCUT2D eigenvalue weighted by Gasteiger charge is 2.28. The van der Waals surface area contributed by atoms with E-state index in [1.54, 1.807) is 49.4 Å². The second-order valence-electron chi connectivity index (χ2n) is 7.19. The van der Waals surface area contributed by atoms with Crippen molar-refractivity contribution in [3.63, 3.8) is 0 Å². The number of amides is 1. The van der Waals surface area contributed by atoms with Crippen LogP contribution in [0.1, 0.15) is 24.0 Å². The van der Waals surface area contributed by atoms with Crippen molar-refractivity contribution < 1.29 is 17.9 Å². The molecule has 1 N–H and O–H groups in total. The third-order valence-corrected chi connectivity index (χ3v) is 6.88. The third-order valence-electron chi connectivity index (χ3n) is 4.87. The summed E-state index contributed by atoms with van der Waals surface area (Å²) in [5, 5.41) is 3.29. The normalized spacial score (nSPS) is 16.6. The summed E-state index contributed by atoms with van der Waals surface area (Å²) in [5.74, 6) is -0.384. The fourth-order valence-electron chi connectivity index (χ4n) is 3.26. The largest absolute Gasteiger partial charge is 0.376 e. The van der Waals surface area contributed by atoms with Gasteiger partial charge >= 0.3 is 0 Å². The molecule has 2 aromatic carbocycles. The van der Waals surface area contributed by atoms with Crippen molar-refractivity contribution in [3.05, 3.63) is 58.6 Å². The Labute approximate surface area is 176 Å². The number of rotatable bonds is 7. The fraction of sp³-hybridized carbons (Fsp3) is 0.381. The first-order valence-corrected chi connectivity index (χ1v) is 11.3. The SMILES string of the molecule is Cc1ccc(S(=O)(=O)N(CC(=O)NC[C@@H]2CCCO2)c2ccc(Cl)cc2C)cc1. The first kappa shape index (κ1) is 21.6. The summed E-state index contributed by atoms with van der Waals surface area (Å²) in [6.45, 7) is 4.39. The summed E-state index contributed by atoms with van der Waals surface area (Å²) < 4.78 is 33.4. The number of sulfonamides is 1. The summed E-state index contributed by atoms with van der Waals surface area (Å²) in [5.41, 5.74) is 2.04. The van der Waals surface area contributed by atoms with Crippen LogP contribution in [0.15, 0.2) is 47.4 Å². The molecule has 1 amide bonds. The molecule has 0 spiro atoms. The number of aryl methyl sites for hydroxylation is 2. The molecule has 29 heavy (non-hydrogen) atoms. The average Bonchev–Trinajstić information content (AvgIpc) is 3.19. The van der Waals surface area contributed by atoms with Gasteiger partial charge in [0.1, 0.15) is 6.54 Å². The number of nitrogens with zero attached hydrogens (tertiary/aromatic N) is 1. The quantitative estimate of drug-likeness (QED) is 0.721. The molecular formula is C21H25ClN2O4S. The molecule has 0 radical (unpaired) electrons. The van der Waals surface area contributed by atoms with Crippen LogP contribution in [0.25, 0.3) is 0 Å². The standard InChI is InChI=1S/C21H25ClN2O4S/c1-15-5-8-19(9-6-15)29(26,27)24(20-10-7-17(22)12-16(20)2)14-21(25)23-13-18-4-3-11-28-18/h5-10,12,18H,3-4,11,13-14H2,1-2H3,(H,23,25)/t18-/m0/s1. The maximum Gasteiger partial charge on any atom is 0.264 e. The Hall–Kier alpha value is -2.09. The van der Waals surface area contributed by atoms with E-state index in [1.807, 2.05) is 6.92 Å². The molecule has 0 aromatic heterocycles. The Morgan fingerprint density at radius 1 is 1.21 bits per heavy atom. The van der Waals surface area contributed by atoms with E-state index in [0.29, 0.717) is 29.4 Å². The van der Waals surface area contributed by atoms with Gasteiger partial charge in [0.2, 0.25) is 5.91 Å². The lowest BCUT2D eigenvalue weighted by molar-refractivity contribution is -0.120. The molecule has 1 atom stereocenters. The van der Waals surface area contributed by atoms with E-state index in [1.165, 1.54) is 0 Å². The van der Waals surface area contributed by atoms with E-state index in [-0.39, 0.29) is 23.5 Å². The van der Waals surface area contributed by atoms with Crippen LogP contribution in [0.4, 0.5) is 5.69 Å². The Bertz CT molecular complexity index is 971. The number of hydrogen-bond acceptors (Lipinski definition) is 4. The van der Waals surface area contributed by atoms with Crippen LogP contribution in [-0.2, 0) is 19.6 Å². The van der Waals surface area contributed by atoms with E-state index in [0.717, 1.165) is 22.7 Å². The number of carbonyl (C=O) groups excluding carboxylic acids is 1. The Balaban J connectivity index is 1.88. The van der Waals surface area contributed by atoms with Crippen LogP contribution in [0.3, 0.4) is 0 Å². The van der Waals surface area contributed by atoms with E-state index in [4.69, 9.17) is 16.3 Å². The molecule has 3 rings (SSSR count). The van der Waals surface area contributed by atoms with Crippen LogP contribution < -0.4 is 9.62 Å². The second-order valence-corrected chi connectivity index (χ2v) is 9.49. The minimum Gasteiger partial charge on any atom is -0.376 e. The van der Waals surface area contributed by atoms with Gasteiger partial charge in [-0.05, 0) is 62.6 Å². The number of benzene rings is 2. The highest BCUT2D eigenvalue weighted by Crippen LogP contribution is 2.29. The van der Waals surface area contributed by atoms with Gasteiger partial charge in [0.25, 0.3) is 10.0 Å². The van der Waals surface area contributed by atoms with Crippen molar-refractivity contribution in [2.75, 3.05) is 24.0 Å². The first-order valence-electron chi connectivity index (χ1n) is 9.51. The number of nitrogens with one attached hydrogen (secondary N) is 1. The lowest BCUT2D eigenvalue weighted by Gasteiger charge is -2.26. The van der Waals surface area contributed by atoms with Gasteiger partial charge in [0.05, 0.1) is 16.7 Å². The Morgan fingerprint density at radius 2 is 1.93 bits per heavy atom. The van der Waals surface area contributed by atoms with Gasteiger partial charge < -0.3 is 10.1 Å². The fourth-order valence-corrected chi connectivity index (χ4v) is 4.97. The molecule has 1 fully saturated rings. The molecule has 1 aliphatic heterocycles. The summed E-state index contributed by atoms with van der Waals surface area (Å²) in [4.78, 5) is 12.7.